The Hall–Kier alpha value is -1.81. The van der Waals surface area contributed by atoms with Gasteiger partial charge in [0.25, 0.3) is 0 Å². The van der Waals surface area contributed by atoms with E-state index in [4.69, 9.17) is 4.74 Å². The van der Waals surface area contributed by atoms with Gasteiger partial charge in [-0.15, -0.1) is 0 Å². The molecule has 0 N–H and O–H groups in total. The zero-order chi connectivity index (χ0) is 15.3. The van der Waals surface area contributed by atoms with Crippen molar-refractivity contribution in [1.82, 2.24) is 9.47 Å². The lowest BCUT2D eigenvalue weighted by atomic mass is 9.75. The molecule has 1 aromatic carbocycles. The topological polar surface area (TPSA) is 34.5 Å². The zero-order valence-electron chi connectivity index (χ0n) is 13.2. The molecular formula is C18H20N2O2. The van der Waals surface area contributed by atoms with Crippen molar-refractivity contribution >= 4 is 17.0 Å². The summed E-state index contributed by atoms with van der Waals surface area (Å²) in [6.07, 6.45) is 3.99. The Morgan fingerprint density at radius 3 is 3.00 bits per heavy atom. The molecule has 1 saturated heterocycles. The predicted octanol–water partition coefficient (Wildman–Crippen LogP) is 2.77. The van der Waals surface area contributed by atoms with Crippen LogP contribution in [-0.2, 0) is 16.6 Å². The molecule has 1 saturated carbocycles. The molecule has 22 heavy (non-hydrogen) atoms. The van der Waals surface area contributed by atoms with Crippen molar-refractivity contribution in [2.45, 2.75) is 31.2 Å². The molecule has 3 aliphatic rings. The van der Waals surface area contributed by atoms with Crippen molar-refractivity contribution in [3.8, 4) is 0 Å². The molecule has 1 aliphatic heterocycles. The van der Waals surface area contributed by atoms with Crippen LogP contribution in [-0.4, -0.2) is 42.3 Å². The second-order valence-corrected chi connectivity index (χ2v) is 7.54. The van der Waals surface area contributed by atoms with E-state index in [1.54, 1.807) is 4.57 Å². The highest BCUT2D eigenvalue weighted by molar-refractivity contribution is 5.96. The molecule has 3 atom stereocenters. The molecule has 1 aromatic heterocycles. The Morgan fingerprint density at radius 1 is 1.41 bits per heavy atom. The minimum atomic E-state index is -0.301. The van der Waals surface area contributed by atoms with E-state index in [2.05, 4.69) is 31.0 Å². The van der Waals surface area contributed by atoms with Gasteiger partial charge >= 0.3 is 6.09 Å². The van der Waals surface area contributed by atoms with Gasteiger partial charge in [0.2, 0.25) is 0 Å². The summed E-state index contributed by atoms with van der Waals surface area (Å²) in [5.41, 5.74) is 4.42. The van der Waals surface area contributed by atoms with E-state index in [-0.39, 0.29) is 11.5 Å². The van der Waals surface area contributed by atoms with Gasteiger partial charge in [-0.05, 0) is 42.5 Å². The van der Waals surface area contributed by atoms with Gasteiger partial charge in [0, 0.05) is 29.6 Å². The Balaban J connectivity index is 1.82. The third kappa shape index (κ3) is 1.16. The summed E-state index contributed by atoms with van der Waals surface area (Å²) in [6, 6.07) is 6.97. The van der Waals surface area contributed by atoms with E-state index in [9.17, 15) is 4.79 Å². The van der Waals surface area contributed by atoms with Crippen molar-refractivity contribution < 1.29 is 9.53 Å². The quantitative estimate of drug-likeness (QED) is 0.750. The smallest absolute Gasteiger partial charge is 0.418 e. The highest BCUT2D eigenvalue weighted by Crippen LogP contribution is 2.73. The molecule has 4 heteroatoms. The monoisotopic (exact) mass is 296 g/mol. The first-order valence-corrected chi connectivity index (χ1v) is 7.94. The van der Waals surface area contributed by atoms with Gasteiger partial charge in [0.05, 0.1) is 12.6 Å². The van der Waals surface area contributed by atoms with Crippen LogP contribution in [0.5, 0.6) is 0 Å². The van der Waals surface area contributed by atoms with Gasteiger partial charge in [-0.3, -0.25) is 4.57 Å². The van der Waals surface area contributed by atoms with Crippen LogP contribution >= 0.6 is 0 Å². The number of hydrogen-bond acceptors (Lipinski definition) is 3. The fourth-order valence-electron chi connectivity index (χ4n) is 5.61. The second-order valence-electron chi connectivity index (χ2n) is 7.54. The van der Waals surface area contributed by atoms with Crippen molar-refractivity contribution in [3.63, 3.8) is 0 Å². The molecule has 2 fully saturated rings. The maximum absolute atomic E-state index is 12.1. The molecule has 2 aliphatic carbocycles. The van der Waals surface area contributed by atoms with Crippen LogP contribution in [0.1, 0.15) is 24.5 Å². The predicted molar refractivity (Wildman–Crippen MR) is 84.3 cm³/mol. The molecule has 0 unspecified atom stereocenters. The maximum Gasteiger partial charge on any atom is 0.418 e. The third-order valence-electron chi connectivity index (χ3n) is 6.49. The Labute approximate surface area is 129 Å². The average Bonchev–Trinajstić information content (AvgIpc) is 2.83. The van der Waals surface area contributed by atoms with Crippen molar-refractivity contribution in [1.29, 1.82) is 0 Å². The molecule has 0 radical (unpaired) electrons. The number of ether oxygens (including phenoxy) is 1. The number of carbonyl (C=O) groups excluding carboxylic acids is 1. The third-order valence-corrected chi connectivity index (χ3v) is 6.49. The highest BCUT2D eigenvalue weighted by atomic mass is 16.5. The summed E-state index contributed by atoms with van der Waals surface area (Å²) in [5.74, 6) is 0. The minimum absolute atomic E-state index is 0.288. The number of carbonyl (C=O) groups is 1. The molecule has 0 amide bonds. The standard InChI is InChI=1S/C18H20N2O2/c1-17-9-18(17)12-5-4-6-13-15(12)11(7-14(18)19(2)10-17)8-20(13)16(21)22-3/h4-6,8,14H,7,9-10H2,1-3H3/t14-,17+,18+/m1/s1. The number of aromatic nitrogens is 1. The lowest BCUT2D eigenvalue weighted by Gasteiger charge is -2.34. The zero-order valence-corrected chi connectivity index (χ0v) is 13.2. The van der Waals surface area contributed by atoms with Crippen LogP contribution < -0.4 is 0 Å². The summed E-state index contributed by atoms with van der Waals surface area (Å²) in [6.45, 7) is 3.60. The minimum Gasteiger partial charge on any atom is -0.452 e. The van der Waals surface area contributed by atoms with Crippen LogP contribution in [0.25, 0.3) is 10.9 Å². The normalized spacial score (nSPS) is 35.3. The van der Waals surface area contributed by atoms with Crippen LogP contribution in [0.4, 0.5) is 4.79 Å². The fraction of sp³-hybridized carbons (Fsp3) is 0.500. The summed E-state index contributed by atoms with van der Waals surface area (Å²) in [5, 5.41) is 1.29. The number of likely N-dealkylation sites (tertiary alicyclic amines) is 1. The summed E-state index contributed by atoms with van der Waals surface area (Å²) < 4.78 is 6.62. The molecule has 2 aromatic rings. The number of piperidine rings is 1. The molecule has 0 bridgehead atoms. The Morgan fingerprint density at radius 2 is 2.23 bits per heavy atom. The van der Waals surface area contributed by atoms with Gasteiger partial charge in [-0.2, -0.15) is 0 Å². The molecule has 5 rings (SSSR count). The van der Waals surface area contributed by atoms with Crippen LogP contribution in [0.15, 0.2) is 24.4 Å². The number of hydrogen-bond donors (Lipinski definition) is 0. The molecular weight excluding hydrogens is 276 g/mol. The van der Waals surface area contributed by atoms with Crippen LogP contribution in [0, 0.1) is 5.41 Å². The van der Waals surface area contributed by atoms with Crippen LogP contribution in [0.3, 0.4) is 0 Å². The molecule has 1 spiro atoms. The van der Waals surface area contributed by atoms with E-state index in [1.807, 2.05) is 12.3 Å². The van der Waals surface area contributed by atoms with Gasteiger partial charge in [0.1, 0.15) is 0 Å². The van der Waals surface area contributed by atoms with Gasteiger partial charge in [0.15, 0.2) is 0 Å². The van der Waals surface area contributed by atoms with E-state index < -0.39 is 0 Å². The fourth-order valence-corrected chi connectivity index (χ4v) is 5.61. The lowest BCUT2D eigenvalue weighted by Crippen LogP contribution is -2.40. The first-order valence-electron chi connectivity index (χ1n) is 7.94. The van der Waals surface area contributed by atoms with Crippen molar-refractivity contribution in [2.75, 3.05) is 20.7 Å². The van der Waals surface area contributed by atoms with E-state index in [1.165, 1.54) is 36.6 Å². The largest absolute Gasteiger partial charge is 0.452 e. The summed E-state index contributed by atoms with van der Waals surface area (Å²) in [7, 11) is 3.68. The summed E-state index contributed by atoms with van der Waals surface area (Å²) in [4.78, 5) is 14.6. The number of nitrogens with zero attached hydrogens (tertiary/aromatic N) is 2. The molecule has 4 nitrogen and oxygen atoms in total. The first kappa shape index (κ1) is 12.7. The number of rotatable bonds is 0. The number of likely N-dealkylation sites (N-methyl/N-ethyl adjacent to an activating group) is 1. The van der Waals surface area contributed by atoms with Crippen molar-refractivity contribution in [3.05, 3.63) is 35.5 Å². The van der Waals surface area contributed by atoms with E-state index in [0.717, 1.165) is 11.9 Å². The number of benzene rings is 1. The highest BCUT2D eigenvalue weighted by Gasteiger charge is 2.74. The van der Waals surface area contributed by atoms with E-state index >= 15 is 0 Å². The van der Waals surface area contributed by atoms with E-state index in [0.29, 0.717) is 11.5 Å². The van der Waals surface area contributed by atoms with Crippen LogP contribution in [0.2, 0.25) is 0 Å². The first-order chi connectivity index (χ1) is 10.5. The molecule has 2 heterocycles. The van der Waals surface area contributed by atoms with Gasteiger partial charge in [-0.1, -0.05) is 19.1 Å². The lowest BCUT2D eigenvalue weighted by molar-refractivity contribution is 0.174. The number of methoxy groups -OCH3 is 1. The second kappa shape index (κ2) is 3.57. The summed E-state index contributed by atoms with van der Waals surface area (Å²) >= 11 is 0. The molecule has 114 valence electrons. The van der Waals surface area contributed by atoms with Gasteiger partial charge < -0.3 is 9.64 Å². The Kier molecular flexibility index (Phi) is 2.06. The van der Waals surface area contributed by atoms with Gasteiger partial charge in [-0.25, -0.2) is 4.79 Å². The van der Waals surface area contributed by atoms with Crippen molar-refractivity contribution in [2.24, 2.45) is 5.41 Å². The SMILES string of the molecule is COC(=O)n1cc2c3c(cccc31)[C@]13C[C@@]1(C)CN(C)[C@@H]3C2. The Bertz CT molecular complexity index is 839. The maximum atomic E-state index is 12.1. The average molecular weight is 296 g/mol.